The van der Waals surface area contributed by atoms with Crippen LogP contribution < -0.4 is 5.32 Å². The van der Waals surface area contributed by atoms with Crippen molar-refractivity contribution in [1.82, 2.24) is 10.2 Å². The van der Waals surface area contributed by atoms with Gasteiger partial charge in [0, 0.05) is 44.2 Å². The van der Waals surface area contributed by atoms with Gasteiger partial charge in [-0.25, -0.2) is 4.39 Å². The van der Waals surface area contributed by atoms with E-state index in [-0.39, 0.29) is 17.7 Å². The Morgan fingerprint density at radius 3 is 2.50 bits per heavy atom. The normalized spacial score (nSPS) is 18.4. The summed E-state index contributed by atoms with van der Waals surface area (Å²) in [6.07, 6.45) is -5.43. The maximum Gasteiger partial charge on any atom is 0.389 e. The largest absolute Gasteiger partial charge is 0.507 e. The van der Waals surface area contributed by atoms with Crippen LogP contribution in [0, 0.1) is 12.7 Å². The number of phenols is 1. The van der Waals surface area contributed by atoms with Crippen molar-refractivity contribution in [3.05, 3.63) is 29.1 Å². The number of nitrogens with one attached hydrogen (secondary N) is 1. The molecular weight excluding hydrogens is 300 g/mol. The Morgan fingerprint density at radius 2 is 1.91 bits per heavy atom. The molecule has 1 fully saturated rings. The van der Waals surface area contributed by atoms with Gasteiger partial charge >= 0.3 is 6.18 Å². The van der Waals surface area contributed by atoms with Crippen molar-refractivity contribution in [3.63, 3.8) is 0 Å². The zero-order chi connectivity index (χ0) is 16.3. The van der Waals surface area contributed by atoms with E-state index in [1.165, 1.54) is 6.07 Å². The molecule has 1 atom stereocenters. The molecule has 2 N–H and O–H groups in total. The van der Waals surface area contributed by atoms with E-state index >= 15 is 0 Å². The van der Waals surface area contributed by atoms with Crippen LogP contribution in [-0.2, 0) is 0 Å². The second kappa shape index (κ2) is 6.83. The molecule has 1 heterocycles. The second-order valence-corrected chi connectivity index (χ2v) is 5.62. The lowest BCUT2D eigenvalue weighted by atomic mass is 9.96. The Hall–Kier alpha value is -1.34. The maximum absolute atomic E-state index is 13.6. The van der Waals surface area contributed by atoms with Crippen molar-refractivity contribution in [2.45, 2.75) is 32.0 Å². The number of piperazine rings is 1. The van der Waals surface area contributed by atoms with Crippen LogP contribution in [0.1, 0.15) is 30.0 Å². The smallest absolute Gasteiger partial charge is 0.389 e. The number of nitrogens with zero attached hydrogens (tertiary/aromatic N) is 1. The molecule has 124 valence electrons. The molecule has 1 aliphatic heterocycles. The predicted molar refractivity (Wildman–Crippen MR) is 75.3 cm³/mol. The summed E-state index contributed by atoms with van der Waals surface area (Å²) >= 11 is 0. The summed E-state index contributed by atoms with van der Waals surface area (Å²) in [6, 6.07) is 1.68. The number of benzene rings is 1. The molecular formula is C15H20F4N2O. The van der Waals surface area contributed by atoms with E-state index in [1.54, 1.807) is 6.92 Å². The molecule has 3 nitrogen and oxygen atoms in total. The average Bonchev–Trinajstić information content (AvgIpc) is 2.44. The zero-order valence-corrected chi connectivity index (χ0v) is 12.4. The van der Waals surface area contributed by atoms with Gasteiger partial charge in [0.05, 0.1) is 0 Å². The SMILES string of the molecule is Cc1cc(F)cc([C@@H](CCC(F)(F)F)N2CCNCC2)c1O. The number of hydrogen-bond acceptors (Lipinski definition) is 3. The number of hydrogen-bond donors (Lipinski definition) is 2. The van der Waals surface area contributed by atoms with Gasteiger partial charge in [0.25, 0.3) is 0 Å². The molecule has 1 aromatic carbocycles. The summed E-state index contributed by atoms with van der Waals surface area (Å²) in [7, 11) is 0. The molecule has 1 saturated heterocycles. The van der Waals surface area contributed by atoms with Gasteiger partial charge in [0.15, 0.2) is 0 Å². The third-order valence-corrected chi connectivity index (χ3v) is 3.95. The van der Waals surface area contributed by atoms with Crippen molar-refractivity contribution >= 4 is 0 Å². The molecule has 0 aromatic heterocycles. The molecule has 0 spiro atoms. The third kappa shape index (κ3) is 4.33. The maximum atomic E-state index is 13.6. The molecule has 0 unspecified atom stereocenters. The van der Waals surface area contributed by atoms with Gasteiger partial charge in [0.1, 0.15) is 11.6 Å². The Balaban J connectivity index is 2.30. The summed E-state index contributed by atoms with van der Waals surface area (Å²) in [5, 5.41) is 13.3. The lowest BCUT2D eigenvalue weighted by Gasteiger charge is -2.36. The van der Waals surface area contributed by atoms with E-state index in [9.17, 15) is 22.7 Å². The standard InChI is InChI=1S/C15H20F4N2O/c1-10-8-11(16)9-12(14(10)22)13(2-3-15(17,18)19)21-6-4-20-5-7-21/h8-9,13,20,22H,2-7H2,1H3/t13-/m1/s1. The Labute approximate surface area is 126 Å². The van der Waals surface area contributed by atoms with E-state index in [0.717, 1.165) is 6.07 Å². The van der Waals surface area contributed by atoms with Gasteiger partial charge in [0.2, 0.25) is 0 Å². The van der Waals surface area contributed by atoms with E-state index in [2.05, 4.69) is 5.32 Å². The molecule has 22 heavy (non-hydrogen) atoms. The van der Waals surface area contributed by atoms with Crippen molar-refractivity contribution in [1.29, 1.82) is 0 Å². The van der Waals surface area contributed by atoms with Crippen molar-refractivity contribution in [2.75, 3.05) is 26.2 Å². The highest BCUT2D eigenvalue weighted by molar-refractivity contribution is 5.42. The van der Waals surface area contributed by atoms with Gasteiger partial charge in [-0.15, -0.1) is 0 Å². The summed E-state index contributed by atoms with van der Waals surface area (Å²) in [5.41, 5.74) is 0.575. The van der Waals surface area contributed by atoms with Gasteiger partial charge in [-0.2, -0.15) is 13.2 Å². The van der Waals surface area contributed by atoms with Gasteiger partial charge < -0.3 is 10.4 Å². The molecule has 7 heteroatoms. The van der Waals surface area contributed by atoms with Crippen LogP contribution in [0.25, 0.3) is 0 Å². The van der Waals surface area contributed by atoms with Crippen LogP contribution in [0.15, 0.2) is 12.1 Å². The number of phenolic OH excluding ortho intramolecular Hbond substituents is 1. The molecule has 1 aliphatic rings. The first-order valence-electron chi connectivity index (χ1n) is 7.28. The fraction of sp³-hybridized carbons (Fsp3) is 0.600. The Bertz CT molecular complexity index is 513. The number of alkyl halides is 3. The Morgan fingerprint density at radius 1 is 1.27 bits per heavy atom. The highest BCUT2D eigenvalue weighted by Crippen LogP contribution is 2.37. The van der Waals surface area contributed by atoms with E-state index in [0.29, 0.717) is 31.7 Å². The summed E-state index contributed by atoms with van der Waals surface area (Å²) in [4.78, 5) is 1.87. The minimum Gasteiger partial charge on any atom is -0.507 e. The van der Waals surface area contributed by atoms with Crippen LogP contribution in [0.5, 0.6) is 5.75 Å². The summed E-state index contributed by atoms with van der Waals surface area (Å²) < 4.78 is 51.4. The van der Waals surface area contributed by atoms with Crippen LogP contribution in [0.4, 0.5) is 17.6 Å². The second-order valence-electron chi connectivity index (χ2n) is 5.62. The molecule has 0 bridgehead atoms. The molecule has 1 aromatic rings. The molecule has 0 saturated carbocycles. The van der Waals surface area contributed by atoms with E-state index in [4.69, 9.17) is 0 Å². The third-order valence-electron chi connectivity index (χ3n) is 3.95. The van der Waals surface area contributed by atoms with Gasteiger partial charge in [-0.3, -0.25) is 4.90 Å². The minimum absolute atomic E-state index is 0.118. The topological polar surface area (TPSA) is 35.5 Å². The molecule has 0 amide bonds. The Kier molecular flexibility index (Phi) is 5.28. The fourth-order valence-corrected chi connectivity index (χ4v) is 2.84. The highest BCUT2D eigenvalue weighted by Gasteiger charge is 2.32. The first kappa shape index (κ1) is 17.0. The minimum atomic E-state index is -4.27. The van der Waals surface area contributed by atoms with Crippen molar-refractivity contribution in [2.24, 2.45) is 0 Å². The number of rotatable bonds is 4. The lowest BCUT2D eigenvalue weighted by Crippen LogP contribution is -2.45. The monoisotopic (exact) mass is 320 g/mol. The van der Waals surface area contributed by atoms with E-state index < -0.39 is 24.5 Å². The first-order valence-corrected chi connectivity index (χ1v) is 7.28. The molecule has 0 aliphatic carbocycles. The average molecular weight is 320 g/mol. The summed E-state index contributed by atoms with van der Waals surface area (Å²) in [5.74, 6) is -0.662. The first-order chi connectivity index (χ1) is 10.3. The van der Waals surface area contributed by atoms with Crippen LogP contribution in [-0.4, -0.2) is 42.4 Å². The quantitative estimate of drug-likeness (QED) is 0.837. The van der Waals surface area contributed by atoms with Gasteiger partial charge in [-0.05, 0) is 31.0 Å². The number of halogens is 4. The fourth-order valence-electron chi connectivity index (χ4n) is 2.84. The van der Waals surface area contributed by atoms with Crippen LogP contribution >= 0.6 is 0 Å². The van der Waals surface area contributed by atoms with Gasteiger partial charge in [-0.1, -0.05) is 0 Å². The number of aryl methyl sites for hydroxylation is 1. The molecule has 0 radical (unpaired) electrons. The molecule has 2 rings (SSSR count). The highest BCUT2D eigenvalue weighted by atomic mass is 19.4. The van der Waals surface area contributed by atoms with Crippen molar-refractivity contribution < 1.29 is 22.7 Å². The number of aromatic hydroxyl groups is 1. The van der Waals surface area contributed by atoms with Crippen LogP contribution in [0.2, 0.25) is 0 Å². The predicted octanol–water partition coefficient (Wildman–Crippen LogP) is 3.13. The van der Waals surface area contributed by atoms with Crippen LogP contribution in [0.3, 0.4) is 0 Å². The lowest BCUT2D eigenvalue weighted by molar-refractivity contribution is -0.138. The zero-order valence-electron chi connectivity index (χ0n) is 12.4. The summed E-state index contributed by atoms with van der Waals surface area (Å²) in [6.45, 7) is 4.00. The van der Waals surface area contributed by atoms with Crippen molar-refractivity contribution in [3.8, 4) is 5.75 Å². The van der Waals surface area contributed by atoms with E-state index in [1.807, 2.05) is 4.90 Å².